The summed E-state index contributed by atoms with van der Waals surface area (Å²) in [7, 11) is 0. The predicted octanol–water partition coefficient (Wildman–Crippen LogP) is 14.7. The molecule has 0 aliphatic heterocycles. The van der Waals surface area contributed by atoms with Crippen LogP contribution in [0.15, 0.2) is 48.6 Å². The molecule has 3 unspecified atom stereocenters. The van der Waals surface area contributed by atoms with E-state index in [9.17, 15) is 19.8 Å². The standard InChI is InChI=1S/C52H95NO5/c1-4-7-10-13-16-19-22-24-25-26-27-28-29-31-34-37-40-43-48(58-52(57)45-42-39-36-33-30-23-20-17-14-11-8-5-2)46-51(56)53-49(47-54)50(55)44-41-38-35-32-21-18-15-12-9-6-3/h16-17,19-20,24-25,27-28,48-50,54-55H,4-15,18,21-23,26,29-47H2,1-3H3,(H,53,56)/b19-16-,20-17-,25-24-,28-27-. The highest BCUT2D eigenvalue weighted by Gasteiger charge is 2.24. The van der Waals surface area contributed by atoms with Gasteiger partial charge in [0.15, 0.2) is 0 Å². The molecule has 3 atom stereocenters. The zero-order valence-corrected chi connectivity index (χ0v) is 38.4. The number of allylic oxidation sites excluding steroid dienone is 8. The molecule has 0 fully saturated rings. The lowest BCUT2D eigenvalue weighted by atomic mass is 10.0. The Bertz CT molecular complexity index is 1000. The molecule has 0 saturated carbocycles. The number of carbonyl (C=O) groups is 2. The number of aliphatic hydroxyl groups excluding tert-OH is 2. The second kappa shape index (κ2) is 45.9. The fourth-order valence-electron chi connectivity index (χ4n) is 7.31. The number of hydrogen-bond acceptors (Lipinski definition) is 5. The molecule has 0 bridgehead atoms. The van der Waals surface area contributed by atoms with Crippen molar-refractivity contribution in [2.45, 2.75) is 264 Å². The van der Waals surface area contributed by atoms with Crippen LogP contribution in [0.25, 0.3) is 0 Å². The highest BCUT2D eigenvalue weighted by Crippen LogP contribution is 2.17. The molecule has 0 saturated heterocycles. The maximum atomic E-state index is 13.2. The summed E-state index contributed by atoms with van der Waals surface area (Å²) in [4.78, 5) is 26.1. The van der Waals surface area contributed by atoms with Gasteiger partial charge in [-0.3, -0.25) is 9.59 Å². The third kappa shape index (κ3) is 40.6. The average molecular weight is 814 g/mol. The van der Waals surface area contributed by atoms with Crippen LogP contribution in [0.2, 0.25) is 0 Å². The Morgan fingerprint density at radius 1 is 0.500 bits per heavy atom. The number of ether oxygens (including phenoxy) is 1. The van der Waals surface area contributed by atoms with Crippen LogP contribution in [0.1, 0.15) is 245 Å². The van der Waals surface area contributed by atoms with Gasteiger partial charge in [0.25, 0.3) is 0 Å². The largest absolute Gasteiger partial charge is 0.462 e. The lowest BCUT2D eigenvalue weighted by molar-refractivity contribution is -0.151. The topological polar surface area (TPSA) is 95.9 Å². The number of hydrogen-bond donors (Lipinski definition) is 3. The molecule has 0 aliphatic carbocycles. The van der Waals surface area contributed by atoms with E-state index in [1.165, 1.54) is 109 Å². The molecule has 0 aromatic carbocycles. The maximum Gasteiger partial charge on any atom is 0.306 e. The molecule has 58 heavy (non-hydrogen) atoms. The van der Waals surface area contributed by atoms with Crippen molar-refractivity contribution in [3.05, 3.63) is 48.6 Å². The number of amides is 1. The van der Waals surface area contributed by atoms with Crippen LogP contribution in [0.4, 0.5) is 0 Å². The number of rotatable bonds is 44. The molecule has 6 nitrogen and oxygen atoms in total. The van der Waals surface area contributed by atoms with E-state index in [1.807, 2.05) is 0 Å². The normalized spacial score (nSPS) is 13.7. The van der Waals surface area contributed by atoms with Crippen LogP contribution >= 0.6 is 0 Å². The Kier molecular flexibility index (Phi) is 44.2. The van der Waals surface area contributed by atoms with Crippen LogP contribution in [0.3, 0.4) is 0 Å². The Labute approximate surface area is 359 Å². The third-order valence-corrected chi connectivity index (χ3v) is 11.1. The van der Waals surface area contributed by atoms with Crippen molar-refractivity contribution < 1.29 is 24.5 Å². The van der Waals surface area contributed by atoms with Gasteiger partial charge >= 0.3 is 5.97 Å². The summed E-state index contributed by atoms with van der Waals surface area (Å²) < 4.78 is 5.91. The highest BCUT2D eigenvalue weighted by molar-refractivity contribution is 5.77. The zero-order chi connectivity index (χ0) is 42.4. The van der Waals surface area contributed by atoms with Gasteiger partial charge in [-0.1, -0.05) is 191 Å². The molecular weight excluding hydrogens is 719 g/mol. The van der Waals surface area contributed by atoms with Crippen LogP contribution in [-0.2, 0) is 14.3 Å². The van der Waals surface area contributed by atoms with Crippen molar-refractivity contribution in [3.63, 3.8) is 0 Å². The molecule has 3 N–H and O–H groups in total. The molecule has 0 heterocycles. The number of unbranched alkanes of at least 4 members (excludes halogenated alkanes) is 24. The minimum Gasteiger partial charge on any atom is -0.462 e. The lowest BCUT2D eigenvalue weighted by Crippen LogP contribution is -2.46. The summed E-state index contributed by atoms with van der Waals surface area (Å²) in [5.74, 6) is -0.504. The van der Waals surface area contributed by atoms with Crippen molar-refractivity contribution in [2.75, 3.05) is 6.61 Å². The fraction of sp³-hybridized carbons (Fsp3) is 0.808. The van der Waals surface area contributed by atoms with E-state index >= 15 is 0 Å². The highest BCUT2D eigenvalue weighted by atomic mass is 16.5. The number of aliphatic hydroxyl groups is 2. The van der Waals surface area contributed by atoms with E-state index in [-0.39, 0.29) is 24.9 Å². The molecule has 0 radical (unpaired) electrons. The second-order valence-electron chi connectivity index (χ2n) is 16.9. The van der Waals surface area contributed by atoms with E-state index in [2.05, 4.69) is 74.7 Å². The smallest absolute Gasteiger partial charge is 0.306 e. The van der Waals surface area contributed by atoms with Crippen molar-refractivity contribution in [1.82, 2.24) is 5.32 Å². The van der Waals surface area contributed by atoms with Gasteiger partial charge in [-0.15, -0.1) is 0 Å². The van der Waals surface area contributed by atoms with Crippen molar-refractivity contribution in [2.24, 2.45) is 0 Å². The Morgan fingerprint density at radius 3 is 1.38 bits per heavy atom. The molecular formula is C52H95NO5. The first-order valence-electron chi connectivity index (χ1n) is 24.9. The second-order valence-corrected chi connectivity index (χ2v) is 16.9. The first-order valence-corrected chi connectivity index (χ1v) is 24.9. The molecule has 0 rings (SSSR count). The predicted molar refractivity (Wildman–Crippen MR) is 250 cm³/mol. The van der Waals surface area contributed by atoms with Gasteiger partial charge in [-0.25, -0.2) is 0 Å². The van der Waals surface area contributed by atoms with Crippen molar-refractivity contribution in [3.8, 4) is 0 Å². The first kappa shape index (κ1) is 55.8. The van der Waals surface area contributed by atoms with E-state index in [4.69, 9.17) is 4.74 Å². The number of esters is 1. The molecule has 0 aromatic rings. The Balaban J connectivity index is 4.66. The zero-order valence-electron chi connectivity index (χ0n) is 38.4. The minimum atomic E-state index is -0.793. The summed E-state index contributed by atoms with van der Waals surface area (Å²) in [5, 5.41) is 23.7. The quantitative estimate of drug-likeness (QED) is 0.0323. The SMILES string of the molecule is CCCCC/C=C\C/C=C\C/C=C\CCCCCCC(CC(=O)NC(CO)C(O)CCCCCCCCCCCC)OC(=O)CCCCCCC/C=C\CCCCC. The van der Waals surface area contributed by atoms with Crippen LogP contribution in [0.5, 0.6) is 0 Å². The average Bonchev–Trinajstić information content (AvgIpc) is 3.22. The van der Waals surface area contributed by atoms with Crippen LogP contribution < -0.4 is 5.32 Å². The third-order valence-electron chi connectivity index (χ3n) is 11.1. The minimum absolute atomic E-state index is 0.0596. The molecule has 1 amide bonds. The Morgan fingerprint density at radius 2 is 0.879 bits per heavy atom. The molecule has 338 valence electrons. The maximum absolute atomic E-state index is 13.2. The summed E-state index contributed by atoms with van der Waals surface area (Å²) in [5.41, 5.74) is 0. The van der Waals surface area contributed by atoms with Gasteiger partial charge in [-0.2, -0.15) is 0 Å². The van der Waals surface area contributed by atoms with Crippen molar-refractivity contribution in [1.29, 1.82) is 0 Å². The first-order chi connectivity index (χ1) is 28.5. The van der Waals surface area contributed by atoms with E-state index in [1.54, 1.807) is 0 Å². The molecule has 0 aromatic heterocycles. The summed E-state index contributed by atoms with van der Waals surface area (Å²) in [6.45, 7) is 6.41. The lowest BCUT2D eigenvalue weighted by Gasteiger charge is -2.24. The number of carbonyl (C=O) groups excluding carboxylic acids is 2. The molecule has 0 aliphatic rings. The number of nitrogens with one attached hydrogen (secondary N) is 1. The monoisotopic (exact) mass is 814 g/mol. The van der Waals surface area contributed by atoms with Crippen LogP contribution in [-0.4, -0.2) is 46.9 Å². The molecule has 6 heteroatoms. The van der Waals surface area contributed by atoms with Gasteiger partial charge in [0.1, 0.15) is 6.10 Å². The Hall–Kier alpha value is -2.18. The van der Waals surface area contributed by atoms with Gasteiger partial charge in [0.2, 0.25) is 5.91 Å². The van der Waals surface area contributed by atoms with Gasteiger partial charge in [0.05, 0.1) is 25.2 Å². The van der Waals surface area contributed by atoms with E-state index in [0.29, 0.717) is 19.3 Å². The molecule has 0 spiro atoms. The van der Waals surface area contributed by atoms with Crippen LogP contribution in [0, 0.1) is 0 Å². The summed E-state index contributed by atoms with van der Waals surface area (Å²) >= 11 is 0. The van der Waals surface area contributed by atoms with Gasteiger partial charge < -0.3 is 20.3 Å². The van der Waals surface area contributed by atoms with E-state index in [0.717, 1.165) is 89.9 Å². The van der Waals surface area contributed by atoms with Crippen molar-refractivity contribution >= 4 is 11.9 Å². The van der Waals surface area contributed by atoms with E-state index < -0.39 is 18.2 Å². The van der Waals surface area contributed by atoms with Gasteiger partial charge in [-0.05, 0) is 89.9 Å². The van der Waals surface area contributed by atoms with Gasteiger partial charge in [0, 0.05) is 6.42 Å². The summed E-state index contributed by atoms with van der Waals surface area (Å²) in [6.07, 6.45) is 54.5. The summed E-state index contributed by atoms with van der Waals surface area (Å²) in [6, 6.07) is -0.709. The fourth-order valence-corrected chi connectivity index (χ4v) is 7.31.